The quantitative estimate of drug-likeness (QED) is 0.454. The lowest BCUT2D eigenvalue weighted by molar-refractivity contribution is -0.383. The molecule has 84 valence electrons. The van der Waals surface area contributed by atoms with Crippen LogP contribution < -0.4 is 0 Å². The number of fused-ring (bicyclic) bond motifs is 3. The van der Waals surface area contributed by atoms with Crippen LogP contribution in [0, 0.1) is 17.0 Å². The Morgan fingerprint density at radius 1 is 1.41 bits per heavy atom. The zero-order chi connectivity index (χ0) is 12.0. The summed E-state index contributed by atoms with van der Waals surface area (Å²) in [6, 6.07) is 3.47. The maximum atomic E-state index is 11.1. The number of nitrogens with zero attached hydrogens (tertiary/aromatic N) is 6. The summed E-state index contributed by atoms with van der Waals surface area (Å²) in [5.74, 6) is 0. The Hall–Kier alpha value is -2.64. The molecule has 0 spiro atoms. The van der Waals surface area contributed by atoms with Crippen LogP contribution in [0.3, 0.4) is 0 Å². The molecule has 3 rings (SSSR count). The molecule has 0 aliphatic rings. The lowest BCUT2D eigenvalue weighted by Crippen LogP contribution is -2.01. The standard InChI is InChI=1S/C9H6N6O2/c1-5-6-3-2-4-10-8(6)14-9(11-12-13-14)7(5)15(16)17/h2-4H,1H3. The average molecular weight is 230 g/mol. The van der Waals surface area contributed by atoms with E-state index in [0.29, 0.717) is 16.6 Å². The Morgan fingerprint density at radius 2 is 2.24 bits per heavy atom. The van der Waals surface area contributed by atoms with Gasteiger partial charge in [-0.25, -0.2) is 4.98 Å². The van der Waals surface area contributed by atoms with E-state index in [4.69, 9.17) is 0 Å². The number of hydrogen-bond donors (Lipinski definition) is 0. The van der Waals surface area contributed by atoms with Gasteiger partial charge in [0.1, 0.15) is 0 Å². The van der Waals surface area contributed by atoms with Crippen molar-refractivity contribution in [1.29, 1.82) is 0 Å². The van der Waals surface area contributed by atoms with Gasteiger partial charge in [-0.2, -0.15) is 4.52 Å². The third kappa shape index (κ3) is 1.17. The van der Waals surface area contributed by atoms with Crippen molar-refractivity contribution in [2.45, 2.75) is 6.92 Å². The summed E-state index contributed by atoms with van der Waals surface area (Å²) in [6.45, 7) is 1.66. The molecule has 0 radical (unpaired) electrons. The van der Waals surface area contributed by atoms with Crippen molar-refractivity contribution in [1.82, 2.24) is 25.0 Å². The Balaban J connectivity index is 2.65. The first kappa shape index (κ1) is 9.58. The molecule has 8 nitrogen and oxygen atoms in total. The Morgan fingerprint density at radius 3 is 3.00 bits per heavy atom. The summed E-state index contributed by atoms with van der Waals surface area (Å²) >= 11 is 0. The highest BCUT2D eigenvalue weighted by Gasteiger charge is 2.23. The highest BCUT2D eigenvalue weighted by molar-refractivity contribution is 5.87. The molecule has 0 unspecified atom stereocenters. The second-order valence-corrected chi connectivity index (χ2v) is 3.52. The number of aromatic nitrogens is 5. The predicted octanol–water partition coefficient (Wildman–Crippen LogP) is 0.889. The van der Waals surface area contributed by atoms with Crippen molar-refractivity contribution in [2.75, 3.05) is 0 Å². The first-order valence-electron chi connectivity index (χ1n) is 4.80. The Labute approximate surface area is 94.0 Å². The molecule has 0 atom stereocenters. The number of tetrazole rings is 1. The minimum atomic E-state index is -0.479. The monoisotopic (exact) mass is 230 g/mol. The molecule has 0 bridgehead atoms. The van der Waals surface area contributed by atoms with Gasteiger partial charge in [0, 0.05) is 17.1 Å². The van der Waals surface area contributed by atoms with Crippen LogP contribution in [0.4, 0.5) is 5.69 Å². The molecule has 0 aliphatic carbocycles. The molecule has 0 aliphatic heterocycles. The molecule has 17 heavy (non-hydrogen) atoms. The lowest BCUT2D eigenvalue weighted by atomic mass is 10.1. The largest absolute Gasteiger partial charge is 0.319 e. The minimum Gasteiger partial charge on any atom is -0.258 e. The van der Waals surface area contributed by atoms with Gasteiger partial charge in [-0.3, -0.25) is 10.1 Å². The highest BCUT2D eigenvalue weighted by Crippen LogP contribution is 2.28. The van der Waals surface area contributed by atoms with Crippen LogP contribution in [-0.2, 0) is 0 Å². The van der Waals surface area contributed by atoms with Crippen molar-refractivity contribution >= 4 is 22.4 Å². The average Bonchev–Trinajstić information content (AvgIpc) is 2.78. The number of pyridine rings is 2. The molecule has 3 heterocycles. The molecule has 0 fully saturated rings. The molecule has 0 aromatic carbocycles. The molecule has 3 aromatic rings. The fourth-order valence-electron chi connectivity index (χ4n) is 1.85. The molecule has 0 N–H and O–H groups in total. The SMILES string of the molecule is Cc1c([N+](=O)[O-])c2nnnn2c2ncccc12. The maximum Gasteiger partial charge on any atom is 0.319 e. The van der Waals surface area contributed by atoms with Gasteiger partial charge < -0.3 is 0 Å². The fourth-order valence-corrected chi connectivity index (χ4v) is 1.85. The molecular formula is C9H6N6O2. The van der Waals surface area contributed by atoms with Crippen molar-refractivity contribution < 1.29 is 4.92 Å². The highest BCUT2D eigenvalue weighted by atomic mass is 16.6. The van der Waals surface area contributed by atoms with Crippen molar-refractivity contribution in [3.05, 3.63) is 34.0 Å². The maximum absolute atomic E-state index is 11.1. The van der Waals surface area contributed by atoms with Crippen molar-refractivity contribution in [3.63, 3.8) is 0 Å². The Kier molecular flexibility index (Phi) is 1.79. The second-order valence-electron chi connectivity index (χ2n) is 3.52. The van der Waals surface area contributed by atoms with E-state index in [1.54, 1.807) is 25.3 Å². The first-order chi connectivity index (χ1) is 8.20. The molecule has 0 saturated heterocycles. The molecule has 0 amide bonds. The molecule has 0 saturated carbocycles. The van der Waals surface area contributed by atoms with Gasteiger partial charge in [0.25, 0.3) is 5.65 Å². The molecule has 8 heteroatoms. The molecular weight excluding hydrogens is 224 g/mol. The van der Waals surface area contributed by atoms with Crippen LogP contribution in [0.1, 0.15) is 5.56 Å². The smallest absolute Gasteiger partial charge is 0.258 e. The summed E-state index contributed by atoms with van der Waals surface area (Å²) < 4.78 is 1.28. The summed E-state index contributed by atoms with van der Waals surface area (Å²) in [6.07, 6.45) is 1.59. The fraction of sp³-hybridized carbons (Fsp3) is 0.111. The van der Waals surface area contributed by atoms with Gasteiger partial charge in [-0.1, -0.05) is 0 Å². The van der Waals surface area contributed by atoms with Crippen molar-refractivity contribution in [3.8, 4) is 0 Å². The third-order valence-electron chi connectivity index (χ3n) is 2.61. The third-order valence-corrected chi connectivity index (χ3v) is 2.61. The van der Waals surface area contributed by atoms with Crippen molar-refractivity contribution in [2.24, 2.45) is 0 Å². The van der Waals surface area contributed by atoms with E-state index in [-0.39, 0.29) is 11.3 Å². The summed E-state index contributed by atoms with van der Waals surface area (Å²) in [4.78, 5) is 14.7. The zero-order valence-electron chi connectivity index (χ0n) is 8.73. The Bertz CT molecular complexity index is 750. The summed E-state index contributed by atoms with van der Waals surface area (Å²) in [5.41, 5.74) is 1.05. The minimum absolute atomic E-state index is 0.0875. The van der Waals surface area contributed by atoms with E-state index in [1.807, 2.05) is 0 Å². The molecule has 3 aromatic heterocycles. The van der Waals surface area contributed by atoms with E-state index in [1.165, 1.54) is 4.52 Å². The van der Waals surface area contributed by atoms with Crippen LogP contribution in [0.15, 0.2) is 18.3 Å². The normalized spacial score (nSPS) is 11.1. The van der Waals surface area contributed by atoms with E-state index in [9.17, 15) is 10.1 Å². The topological polar surface area (TPSA) is 99.1 Å². The number of rotatable bonds is 1. The van der Waals surface area contributed by atoms with Crippen LogP contribution in [0.25, 0.3) is 16.7 Å². The van der Waals surface area contributed by atoms with E-state index < -0.39 is 4.92 Å². The van der Waals surface area contributed by atoms with E-state index in [0.717, 1.165) is 0 Å². The van der Waals surface area contributed by atoms with Gasteiger partial charge in [-0.15, -0.1) is 5.10 Å². The van der Waals surface area contributed by atoms with Gasteiger partial charge in [0.15, 0.2) is 5.65 Å². The van der Waals surface area contributed by atoms with Crippen LogP contribution >= 0.6 is 0 Å². The van der Waals surface area contributed by atoms with Gasteiger partial charge in [0.05, 0.1) is 4.92 Å². The van der Waals surface area contributed by atoms with Gasteiger partial charge >= 0.3 is 5.69 Å². The number of aryl methyl sites for hydroxylation is 1. The van der Waals surface area contributed by atoms with Crippen LogP contribution in [0.2, 0.25) is 0 Å². The first-order valence-corrected chi connectivity index (χ1v) is 4.80. The second kappa shape index (κ2) is 3.17. The van der Waals surface area contributed by atoms with Gasteiger partial charge in [-0.05, 0) is 29.5 Å². The summed E-state index contributed by atoms with van der Waals surface area (Å²) in [5, 5.41) is 22.6. The van der Waals surface area contributed by atoms with Gasteiger partial charge in [0.2, 0.25) is 0 Å². The van der Waals surface area contributed by atoms with E-state index in [2.05, 4.69) is 20.5 Å². The number of nitro groups is 1. The summed E-state index contributed by atoms with van der Waals surface area (Å²) in [7, 11) is 0. The zero-order valence-corrected chi connectivity index (χ0v) is 8.73. The number of hydrogen-bond acceptors (Lipinski definition) is 6. The van der Waals surface area contributed by atoms with Crippen LogP contribution in [-0.4, -0.2) is 29.9 Å². The van der Waals surface area contributed by atoms with Crippen LogP contribution in [0.5, 0.6) is 0 Å². The van der Waals surface area contributed by atoms with E-state index >= 15 is 0 Å². The predicted molar refractivity (Wildman–Crippen MR) is 57.5 cm³/mol. The lowest BCUT2D eigenvalue weighted by Gasteiger charge is -2.03.